The third-order valence-electron chi connectivity index (χ3n) is 4.51. The number of anilines is 1. The number of hydrogen-bond acceptors (Lipinski definition) is 2. The first-order valence-corrected chi connectivity index (χ1v) is 8.43. The molecule has 0 unspecified atom stereocenters. The second-order valence-corrected chi connectivity index (χ2v) is 6.59. The van der Waals surface area contributed by atoms with Gasteiger partial charge in [-0.15, -0.1) is 0 Å². The molecule has 4 heteroatoms. The Bertz CT molecular complexity index is 490. The maximum atomic E-state index is 5.99. The zero-order chi connectivity index (χ0) is 15.9. The van der Waals surface area contributed by atoms with Crippen LogP contribution >= 0.6 is 0 Å². The first-order chi connectivity index (χ1) is 10.6. The van der Waals surface area contributed by atoms with Crippen molar-refractivity contribution in [1.82, 2.24) is 4.90 Å². The number of rotatable bonds is 6. The lowest BCUT2D eigenvalue weighted by molar-refractivity contribution is 0.252. The van der Waals surface area contributed by atoms with Gasteiger partial charge in [-0.1, -0.05) is 38.8 Å². The Labute approximate surface area is 134 Å². The molecule has 1 saturated carbocycles. The largest absolute Gasteiger partial charge is 0.370 e. The van der Waals surface area contributed by atoms with E-state index >= 15 is 0 Å². The highest BCUT2D eigenvalue weighted by Gasteiger charge is 2.18. The van der Waals surface area contributed by atoms with Crippen LogP contribution in [0, 0.1) is 0 Å². The number of nitrogens with two attached hydrogens (primary N) is 1. The quantitative estimate of drug-likeness (QED) is 0.625. The van der Waals surface area contributed by atoms with Crippen LogP contribution in [0.4, 0.5) is 5.69 Å². The Morgan fingerprint density at radius 1 is 1.36 bits per heavy atom. The Morgan fingerprint density at radius 3 is 2.77 bits per heavy atom. The third-order valence-corrected chi connectivity index (χ3v) is 4.51. The van der Waals surface area contributed by atoms with E-state index in [1.165, 1.54) is 31.2 Å². The first kappa shape index (κ1) is 16.8. The van der Waals surface area contributed by atoms with Crippen molar-refractivity contribution in [3.63, 3.8) is 0 Å². The summed E-state index contributed by atoms with van der Waals surface area (Å²) in [4.78, 5) is 6.87. The number of likely N-dealkylation sites (N-methyl/N-ethyl adjacent to an activating group) is 1. The average molecular weight is 302 g/mol. The third kappa shape index (κ3) is 5.02. The smallest absolute Gasteiger partial charge is 0.193 e. The summed E-state index contributed by atoms with van der Waals surface area (Å²) in [5.74, 6) is 1.01. The molecular formula is C18H30N4. The number of hydrogen-bond donors (Lipinski definition) is 2. The highest BCUT2D eigenvalue weighted by atomic mass is 15.2. The van der Waals surface area contributed by atoms with Gasteiger partial charge in [0.25, 0.3) is 0 Å². The summed E-state index contributed by atoms with van der Waals surface area (Å²) in [7, 11) is 2.20. The Balaban J connectivity index is 1.80. The van der Waals surface area contributed by atoms with Gasteiger partial charge in [0, 0.05) is 18.3 Å². The van der Waals surface area contributed by atoms with Crippen LogP contribution in [0.2, 0.25) is 0 Å². The van der Waals surface area contributed by atoms with Gasteiger partial charge in [-0.25, -0.2) is 0 Å². The molecule has 0 bridgehead atoms. The minimum Gasteiger partial charge on any atom is -0.370 e. The van der Waals surface area contributed by atoms with E-state index in [2.05, 4.69) is 54.3 Å². The maximum absolute atomic E-state index is 5.99. The van der Waals surface area contributed by atoms with Gasteiger partial charge < -0.3 is 16.0 Å². The van der Waals surface area contributed by atoms with Crippen molar-refractivity contribution in [2.24, 2.45) is 10.7 Å². The van der Waals surface area contributed by atoms with Crippen molar-refractivity contribution in [3.05, 3.63) is 29.8 Å². The lowest BCUT2D eigenvalue weighted by Crippen LogP contribution is -2.32. The molecule has 0 aliphatic heterocycles. The maximum Gasteiger partial charge on any atom is 0.193 e. The van der Waals surface area contributed by atoms with Gasteiger partial charge in [0.15, 0.2) is 5.96 Å². The van der Waals surface area contributed by atoms with Gasteiger partial charge in [-0.3, -0.25) is 4.99 Å². The standard InChI is InChI=1S/C18H30N4/c1-14(2)15-7-6-8-16(13-15)21-18(19)20-11-12-22(3)17-9-4-5-10-17/h6-8,13-14,17H,4-5,9-12H2,1-3H3,(H3,19,20,21). The van der Waals surface area contributed by atoms with Crippen molar-refractivity contribution in [2.75, 3.05) is 25.5 Å². The second kappa shape index (κ2) is 8.18. The van der Waals surface area contributed by atoms with Crippen LogP contribution in [0.1, 0.15) is 51.0 Å². The minimum atomic E-state index is 0.501. The summed E-state index contributed by atoms with van der Waals surface area (Å²) in [6.45, 7) is 6.10. The van der Waals surface area contributed by atoms with Crippen molar-refractivity contribution in [2.45, 2.75) is 51.5 Å². The normalized spacial score (nSPS) is 16.7. The molecule has 2 rings (SSSR count). The van der Waals surface area contributed by atoms with Gasteiger partial charge in [0.05, 0.1) is 6.54 Å². The summed E-state index contributed by atoms with van der Waals surface area (Å²) in [5.41, 5.74) is 8.31. The van der Waals surface area contributed by atoms with Crippen LogP contribution in [0.25, 0.3) is 0 Å². The highest BCUT2D eigenvalue weighted by molar-refractivity contribution is 5.92. The second-order valence-electron chi connectivity index (χ2n) is 6.59. The van der Waals surface area contributed by atoms with Crippen LogP contribution < -0.4 is 11.1 Å². The summed E-state index contributed by atoms with van der Waals surface area (Å²) in [6.07, 6.45) is 5.40. The van der Waals surface area contributed by atoms with Gasteiger partial charge in [-0.2, -0.15) is 0 Å². The Kier molecular flexibility index (Phi) is 6.25. The van der Waals surface area contributed by atoms with E-state index in [4.69, 9.17) is 5.73 Å². The molecule has 0 amide bonds. The zero-order valence-corrected chi connectivity index (χ0v) is 14.2. The molecule has 1 fully saturated rings. The monoisotopic (exact) mass is 302 g/mol. The van der Waals surface area contributed by atoms with Crippen molar-refractivity contribution >= 4 is 11.6 Å². The number of guanidine groups is 1. The van der Waals surface area contributed by atoms with E-state index in [1.807, 2.05) is 6.07 Å². The highest BCUT2D eigenvalue weighted by Crippen LogP contribution is 2.22. The van der Waals surface area contributed by atoms with Gasteiger partial charge >= 0.3 is 0 Å². The molecular weight excluding hydrogens is 272 g/mol. The van der Waals surface area contributed by atoms with Crippen molar-refractivity contribution in [1.29, 1.82) is 0 Å². The average Bonchev–Trinajstić information content (AvgIpc) is 3.01. The van der Waals surface area contributed by atoms with E-state index in [1.54, 1.807) is 0 Å². The van der Waals surface area contributed by atoms with E-state index < -0.39 is 0 Å². The molecule has 1 aliphatic rings. The molecule has 0 atom stereocenters. The molecule has 0 spiro atoms. The topological polar surface area (TPSA) is 53.6 Å². The summed E-state index contributed by atoms with van der Waals surface area (Å²) >= 11 is 0. The lowest BCUT2D eigenvalue weighted by atomic mass is 10.0. The van der Waals surface area contributed by atoms with E-state index in [-0.39, 0.29) is 0 Å². The number of nitrogens with zero attached hydrogens (tertiary/aromatic N) is 2. The molecule has 122 valence electrons. The molecule has 3 N–H and O–H groups in total. The summed E-state index contributed by atoms with van der Waals surface area (Å²) < 4.78 is 0. The minimum absolute atomic E-state index is 0.501. The molecule has 0 heterocycles. The molecule has 1 aliphatic carbocycles. The van der Waals surface area contributed by atoms with E-state index in [0.29, 0.717) is 11.9 Å². The lowest BCUT2D eigenvalue weighted by Gasteiger charge is -2.22. The number of aliphatic imine (C=N–C) groups is 1. The van der Waals surface area contributed by atoms with E-state index in [9.17, 15) is 0 Å². The fraction of sp³-hybridized carbons (Fsp3) is 0.611. The Hall–Kier alpha value is -1.55. The fourth-order valence-electron chi connectivity index (χ4n) is 3.02. The zero-order valence-electron chi connectivity index (χ0n) is 14.2. The molecule has 22 heavy (non-hydrogen) atoms. The molecule has 0 radical (unpaired) electrons. The van der Waals surface area contributed by atoms with Gasteiger partial charge in [0.2, 0.25) is 0 Å². The van der Waals surface area contributed by atoms with Crippen LogP contribution in [-0.2, 0) is 0 Å². The first-order valence-electron chi connectivity index (χ1n) is 8.43. The SMILES string of the molecule is CC(C)c1cccc(NC(N)=NCCN(C)C2CCCC2)c1. The predicted octanol–water partition coefficient (Wildman–Crippen LogP) is 3.41. The van der Waals surface area contributed by atoms with E-state index in [0.717, 1.165) is 24.8 Å². The summed E-state index contributed by atoms with van der Waals surface area (Å²) in [5, 5.41) is 3.19. The summed E-state index contributed by atoms with van der Waals surface area (Å²) in [6, 6.07) is 9.10. The fourth-order valence-corrected chi connectivity index (χ4v) is 3.02. The van der Waals surface area contributed by atoms with Gasteiger partial charge in [-0.05, 0) is 43.5 Å². The Morgan fingerprint density at radius 2 is 2.09 bits per heavy atom. The molecule has 0 aromatic heterocycles. The molecule has 0 saturated heterocycles. The molecule has 1 aromatic rings. The molecule has 1 aromatic carbocycles. The van der Waals surface area contributed by atoms with Crippen LogP contribution in [0.5, 0.6) is 0 Å². The number of benzene rings is 1. The van der Waals surface area contributed by atoms with Crippen LogP contribution in [-0.4, -0.2) is 37.0 Å². The van der Waals surface area contributed by atoms with Crippen LogP contribution in [0.15, 0.2) is 29.3 Å². The van der Waals surface area contributed by atoms with Crippen LogP contribution in [0.3, 0.4) is 0 Å². The number of nitrogens with one attached hydrogen (secondary N) is 1. The van der Waals surface area contributed by atoms with Crippen molar-refractivity contribution < 1.29 is 0 Å². The predicted molar refractivity (Wildman–Crippen MR) is 95.5 cm³/mol. The van der Waals surface area contributed by atoms with Gasteiger partial charge in [0.1, 0.15) is 0 Å². The molecule has 4 nitrogen and oxygen atoms in total. The van der Waals surface area contributed by atoms with Crippen molar-refractivity contribution in [3.8, 4) is 0 Å².